The van der Waals surface area contributed by atoms with Crippen LogP contribution in [0, 0.1) is 5.92 Å². The molecule has 0 atom stereocenters. The van der Waals surface area contributed by atoms with Gasteiger partial charge in [-0.15, -0.1) is 0 Å². The summed E-state index contributed by atoms with van der Waals surface area (Å²) in [5.74, 6) is 1.05. The van der Waals surface area contributed by atoms with E-state index in [0.29, 0.717) is 0 Å². The molecule has 0 aromatic rings. The number of nitrogens with two attached hydrogens (primary N) is 1. The van der Waals surface area contributed by atoms with Gasteiger partial charge in [-0.1, -0.05) is 44.9 Å². The fourth-order valence-electron chi connectivity index (χ4n) is 2.05. The molecule has 0 spiro atoms. The van der Waals surface area contributed by atoms with Gasteiger partial charge in [-0.2, -0.15) is 0 Å². The van der Waals surface area contributed by atoms with Crippen molar-refractivity contribution in [3.05, 3.63) is 0 Å². The SMILES string of the molecule is NCCCCC1CCCCC1.[Cl-].[Cl-].[Pt+2]. The smallest absolute Gasteiger partial charge is 1.00 e. The van der Waals surface area contributed by atoms with Crippen molar-refractivity contribution in [1.29, 1.82) is 0 Å². The molecule has 1 aliphatic carbocycles. The van der Waals surface area contributed by atoms with Gasteiger partial charge >= 0.3 is 21.1 Å². The minimum absolute atomic E-state index is 0. The van der Waals surface area contributed by atoms with Crippen LogP contribution in [-0.4, -0.2) is 6.54 Å². The van der Waals surface area contributed by atoms with Gasteiger partial charge in [0.1, 0.15) is 0 Å². The van der Waals surface area contributed by atoms with Crippen LogP contribution < -0.4 is 30.5 Å². The molecule has 90 valence electrons. The third-order valence-electron chi connectivity index (χ3n) is 2.79. The van der Waals surface area contributed by atoms with Crippen LogP contribution in [0.1, 0.15) is 51.4 Å². The van der Waals surface area contributed by atoms with Gasteiger partial charge in [-0.05, 0) is 18.9 Å². The number of hydrogen-bond acceptors (Lipinski definition) is 1. The Morgan fingerprint density at radius 3 is 2.00 bits per heavy atom. The molecule has 0 aromatic carbocycles. The summed E-state index contributed by atoms with van der Waals surface area (Å²) < 4.78 is 0. The van der Waals surface area contributed by atoms with E-state index in [1.165, 1.54) is 51.4 Å². The molecule has 4 heteroatoms. The van der Waals surface area contributed by atoms with Crippen LogP contribution in [0.5, 0.6) is 0 Å². The van der Waals surface area contributed by atoms with E-state index >= 15 is 0 Å². The van der Waals surface area contributed by atoms with E-state index in [0.717, 1.165) is 12.5 Å². The molecule has 0 amide bonds. The summed E-state index contributed by atoms with van der Waals surface area (Å²) in [5, 5.41) is 0. The van der Waals surface area contributed by atoms with Crippen LogP contribution in [-0.2, 0) is 21.1 Å². The number of hydrogen-bond donors (Lipinski definition) is 1. The summed E-state index contributed by atoms with van der Waals surface area (Å²) in [6.07, 6.45) is 11.5. The Morgan fingerprint density at radius 1 is 0.929 bits per heavy atom. The molecular formula is C10H21Cl2NPt. The van der Waals surface area contributed by atoms with E-state index in [1.807, 2.05) is 0 Å². The molecule has 0 aromatic heterocycles. The first-order valence-corrected chi connectivity index (χ1v) is 5.13. The zero-order valence-electron chi connectivity index (χ0n) is 8.59. The third kappa shape index (κ3) is 9.77. The monoisotopic (exact) mass is 420 g/mol. The second-order valence-corrected chi connectivity index (χ2v) is 3.79. The molecule has 0 saturated heterocycles. The molecule has 0 aliphatic heterocycles. The molecule has 0 unspecified atom stereocenters. The summed E-state index contributed by atoms with van der Waals surface area (Å²) >= 11 is 0. The molecule has 1 saturated carbocycles. The van der Waals surface area contributed by atoms with Crippen molar-refractivity contribution < 1.29 is 45.9 Å². The minimum atomic E-state index is 0. The zero-order valence-corrected chi connectivity index (χ0v) is 12.4. The molecule has 1 nitrogen and oxygen atoms in total. The topological polar surface area (TPSA) is 26.0 Å². The van der Waals surface area contributed by atoms with Crippen molar-refractivity contribution in [1.82, 2.24) is 0 Å². The Bertz CT molecular complexity index is 98.1. The minimum Gasteiger partial charge on any atom is -1.00 e. The predicted molar refractivity (Wildman–Crippen MR) is 49.5 cm³/mol. The maximum absolute atomic E-state index is 5.44. The Hall–Kier alpha value is 1.23. The van der Waals surface area contributed by atoms with E-state index in [-0.39, 0.29) is 45.9 Å². The fourth-order valence-corrected chi connectivity index (χ4v) is 2.05. The molecule has 1 aliphatic rings. The van der Waals surface area contributed by atoms with Crippen molar-refractivity contribution in [3.8, 4) is 0 Å². The van der Waals surface area contributed by atoms with Crippen LogP contribution >= 0.6 is 0 Å². The normalized spacial score (nSPS) is 16.1. The quantitative estimate of drug-likeness (QED) is 0.474. The molecular weight excluding hydrogens is 400 g/mol. The zero-order chi connectivity index (χ0) is 7.94. The van der Waals surface area contributed by atoms with E-state index in [2.05, 4.69) is 0 Å². The van der Waals surface area contributed by atoms with Gasteiger partial charge in [0, 0.05) is 0 Å². The summed E-state index contributed by atoms with van der Waals surface area (Å²) in [7, 11) is 0. The van der Waals surface area contributed by atoms with Gasteiger partial charge < -0.3 is 30.5 Å². The largest absolute Gasteiger partial charge is 2.00 e. The van der Waals surface area contributed by atoms with Crippen molar-refractivity contribution in [3.63, 3.8) is 0 Å². The van der Waals surface area contributed by atoms with E-state index < -0.39 is 0 Å². The van der Waals surface area contributed by atoms with Crippen LogP contribution in [0.4, 0.5) is 0 Å². The number of unbranched alkanes of at least 4 members (excludes halogenated alkanes) is 1. The second-order valence-electron chi connectivity index (χ2n) is 3.79. The number of rotatable bonds is 4. The summed E-state index contributed by atoms with van der Waals surface area (Å²) in [6, 6.07) is 0. The van der Waals surface area contributed by atoms with Gasteiger partial charge in [0.2, 0.25) is 0 Å². The van der Waals surface area contributed by atoms with Gasteiger partial charge in [0.25, 0.3) is 0 Å². The first-order valence-electron chi connectivity index (χ1n) is 5.13. The van der Waals surface area contributed by atoms with Gasteiger partial charge in [0.05, 0.1) is 0 Å². The van der Waals surface area contributed by atoms with Crippen molar-refractivity contribution in [2.45, 2.75) is 51.4 Å². The molecule has 0 radical (unpaired) electrons. The first kappa shape index (κ1) is 20.6. The Kier molecular flexibility index (Phi) is 21.0. The number of halogens is 2. The first-order chi connectivity index (χ1) is 5.43. The fraction of sp³-hybridized carbons (Fsp3) is 1.00. The van der Waals surface area contributed by atoms with Crippen molar-refractivity contribution in [2.24, 2.45) is 11.7 Å². The summed E-state index contributed by atoms with van der Waals surface area (Å²) in [6.45, 7) is 0.882. The Morgan fingerprint density at radius 2 is 1.50 bits per heavy atom. The van der Waals surface area contributed by atoms with Crippen LogP contribution in [0.3, 0.4) is 0 Å². The Balaban J connectivity index is -0.000000403. The van der Waals surface area contributed by atoms with E-state index in [1.54, 1.807) is 0 Å². The molecule has 0 bridgehead atoms. The van der Waals surface area contributed by atoms with Crippen molar-refractivity contribution >= 4 is 0 Å². The van der Waals surface area contributed by atoms with Crippen molar-refractivity contribution in [2.75, 3.05) is 6.54 Å². The summed E-state index contributed by atoms with van der Waals surface area (Å²) in [5.41, 5.74) is 5.44. The molecule has 1 fully saturated rings. The third-order valence-corrected chi connectivity index (χ3v) is 2.79. The standard InChI is InChI=1S/C10H21N.2ClH.Pt/c11-9-5-4-8-10-6-2-1-3-7-10;;;/h10H,1-9,11H2;2*1H;/q;;;+2/p-2. The molecule has 2 N–H and O–H groups in total. The van der Waals surface area contributed by atoms with E-state index in [9.17, 15) is 0 Å². The maximum Gasteiger partial charge on any atom is 2.00 e. The van der Waals surface area contributed by atoms with Gasteiger partial charge in [0.15, 0.2) is 0 Å². The summed E-state index contributed by atoms with van der Waals surface area (Å²) in [4.78, 5) is 0. The second kappa shape index (κ2) is 14.2. The molecule has 14 heavy (non-hydrogen) atoms. The van der Waals surface area contributed by atoms with Crippen LogP contribution in [0.2, 0.25) is 0 Å². The van der Waals surface area contributed by atoms with Crippen LogP contribution in [0.25, 0.3) is 0 Å². The molecule has 1 rings (SSSR count). The molecule has 0 heterocycles. The van der Waals surface area contributed by atoms with Crippen LogP contribution in [0.15, 0.2) is 0 Å². The van der Waals surface area contributed by atoms with Gasteiger partial charge in [-0.3, -0.25) is 0 Å². The van der Waals surface area contributed by atoms with Gasteiger partial charge in [-0.25, -0.2) is 0 Å². The Labute approximate surface area is 115 Å². The predicted octanol–water partition coefficient (Wildman–Crippen LogP) is -3.30. The maximum atomic E-state index is 5.44. The van der Waals surface area contributed by atoms with E-state index in [4.69, 9.17) is 5.73 Å². The average molecular weight is 421 g/mol. The average Bonchev–Trinajstić information content (AvgIpc) is 2.07.